The van der Waals surface area contributed by atoms with Crippen molar-refractivity contribution < 1.29 is 9.84 Å². The summed E-state index contributed by atoms with van der Waals surface area (Å²) >= 11 is 5.92. The maximum Gasteiger partial charge on any atom is 0.144 e. The quantitative estimate of drug-likeness (QED) is 0.879. The molecule has 6 heteroatoms. The average Bonchev–Trinajstić information content (AvgIpc) is 3.09. The van der Waals surface area contributed by atoms with Crippen LogP contribution < -0.4 is 4.74 Å². The predicted octanol–water partition coefficient (Wildman–Crippen LogP) is 3.32. The van der Waals surface area contributed by atoms with E-state index >= 15 is 0 Å². The zero-order valence-electron chi connectivity index (χ0n) is 13.0. The van der Waals surface area contributed by atoms with Crippen LogP contribution in [0, 0.1) is 5.92 Å². The van der Waals surface area contributed by atoms with Gasteiger partial charge in [0.05, 0.1) is 12.6 Å². The van der Waals surface area contributed by atoms with E-state index in [-0.39, 0.29) is 12.0 Å². The van der Waals surface area contributed by atoms with Crippen LogP contribution in [0.2, 0.25) is 5.02 Å². The Morgan fingerprint density at radius 2 is 1.96 bits per heavy atom. The molecule has 5 nitrogen and oxygen atoms in total. The van der Waals surface area contributed by atoms with E-state index in [4.69, 9.17) is 16.3 Å². The van der Waals surface area contributed by atoms with Crippen LogP contribution in [0.5, 0.6) is 5.75 Å². The first kappa shape index (κ1) is 16.3. The first-order valence-electron chi connectivity index (χ1n) is 8.15. The lowest BCUT2D eigenvalue weighted by atomic mass is 9.83. The third kappa shape index (κ3) is 4.45. The van der Waals surface area contributed by atoms with Crippen LogP contribution in [0.25, 0.3) is 0 Å². The molecule has 0 aliphatic heterocycles. The number of benzene rings is 1. The van der Waals surface area contributed by atoms with Crippen LogP contribution >= 0.6 is 11.6 Å². The number of hydrogen-bond acceptors (Lipinski definition) is 4. The van der Waals surface area contributed by atoms with Gasteiger partial charge >= 0.3 is 0 Å². The number of nitrogens with zero attached hydrogens (tertiary/aromatic N) is 3. The monoisotopic (exact) mass is 335 g/mol. The summed E-state index contributed by atoms with van der Waals surface area (Å²) in [6.07, 6.45) is 7.99. The van der Waals surface area contributed by atoms with Gasteiger partial charge in [0.1, 0.15) is 24.5 Å². The normalized spacial score (nSPS) is 18.5. The van der Waals surface area contributed by atoms with Crippen LogP contribution in [0.15, 0.2) is 36.9 Å². The lowest BCUT2D eigenvalue weighted by molar-refractivity contribution is -0.0226. The third-order valence-corrected chi connectivity index (χ3v) is 4.70. The molecule has 1 aromatic carbocycles. The zero-order valence-corrected chi connectivity index (χ0v) is 13.8. The van der Waals surface area contributed by atoms with Crippen LogP contribution in [0.1, 0.15) is 32.1 Å². The van der Waals surface area contributed by atoms with Gasteiger partial charge in [0, 0.05) is 5.02 Å². The second-order valence-electron chi connectivity index (χ2n) is 6.12. The van der Waals surface area contributed by atoms with Crippen molar-refractivity contribution in [1.29, 1.82) is 0 Å². The second kappa shape index (κ2) is 7.79. The van der Waals surface area contributed by atoms with Gasteiger partial charge in [-0.2, -0.15) is 5.10 Å². The Hall–Kier alpha value is -1.59. The number of rotatable bonds is 6. The number of ether oxygens (including phenoxy) is 1. The molecule has 2 unspecified atom stereocenters. The van der Waals surface area contributed by atoms with E-state index < -0.39 is 6.10 Å². The Balaban J connectivity index is 1.73. The Kier molecular flexibility index (Phi) is 5.51. The molecule has 1 heterocycles. The molecule has 1 fully saturated rings. The Morgan fingerprint density at radius 3 is 2.61 bits per heavy atom. The lowest BCUT2D eigenvalue weighted by Crippen LogP contribution is -2.41. The molecule has 2 aromatic rings. The summed E-state index contributed by atoms with van der Waals surface area (Å²) in [6.45, 7) is 0.473. The van der Waals surface area contributed by atoms with Crippen LogP contribution in [0.3, 0.4) is 0 Å². The molecule has 0 spiro atoms. The maximum atomic E-state index is 10.8. The molecule has 1 aliphatic rings. The minimum absolute atomic E-state index is 0.282. The maximum absolute atomic E-state index is 10.8. The highest BCUT2D eigenvalue weighted by molar-refractivity contribution is 6.30. The Bertz CT molecular complexity index is 582. The molecular formula is C17H22ClN3O2. The molecule has 124 valence electrons. The van der Waals surface area contributed by atoms with Crippen molar-refractivity contribution >= 4 is 11.6 Å². The van der Waals surface area contributed by atoms with Crippen molar-refractivity contribution in [2.75, 3.05) is 0 Å². The molecule has 1 saturated carbocycles. The summed E-state index contributed by atoms with van der Waals surface area (Å²) in [4.78, 5) is 3.96. The first-order valence-corrected chi connectivity index (χ1v) is 8.53. The van der Waals surface area contributed by atoms with Gasteiger partial charge in [-0.3, -0.25) is 0 Å². The van der Waals surface area contributed by atoms with Gasteiger partial charge in [0.2, 0.25) is 0 Å². The van der Waals surface area contributed by atoms with E-state index in [0.717, 1.165) is 12.8 Å². The van der Waals surface area contributed by atoms with Crippen LogP contribution in [-0.4, -0.2) is 32.1 Å². The van der Waals surface area contributed by atoms with Crippen molar-refractivity contribution in [1.82, 2.24) is 14.8 Å². The van der Waals surface area contributed by atoms with E-state index in [0.29, 0.717) is 17.3 Å². The van der Waals surface area contributed by atoms with Gasteiger partial charge < -0.3 is 9.84 Å². The highest BCUT2D eigenvalue weighted by atomic mass is 35.5. The lowest BCUT2D eigenvalue weighted by Gasteiger charge is -2.32. The average molecular weight is 336 g/mol. The van der Waals surface area contributed by atoms with E-state index in [2.05, 4.69) is 10.1 Å². The summed E-state index contributed by atoms with van der Waals surface area (Å²) in [5.41, 5.74) is 0. The molecule has 2 atom stereocenters. The first-order chi connectivity index (χ1) is 11.2. The number of aliphatic hydroxyl groups is 1. The SMILES string of the molecule is OC(C1CCCCC1)C(Cn1cncn1)Oc1ccc(Cl)cc1. The molecule has 1 aliphatic carbocycles. The van der Waals surface area contributed by atoms with Crippen molar-refractivity contribution in [3.63, 3.8) is 0 Å². The topological polar surface area (TPSA) is 60.2 Å². The summed E-state index contributed by atoms with van der Waals surface area (Å²) in [6, 6.07) is 7.22. The molecular weight excluding hydrogens is 314 g/mol. The molecule has 3 rings (SSSR count). The molecule has 0 bridgehead atoms. The smallest absolute Gasteiger partial charge is 0.144 e. The molecule has 0 saturated heterocycles. The Morgan fingerprint density at radius 1 is 1.22 bits per heavy atom. The van der Waals surface area contributed by atoms with E-state index in [1.54, 1.807) is 23.1 Å². The largest absolute Gasteiger partial charge is 0.486 e. The molecule has 23 heavy (non-hydrogen) atoms. The van der Waals surface area contributed by atoms with Gasteiger partial charge in [-0.15, -0.1) is 0 Å². The highest BCUT2D eigenvalue weighted by Gasteiger charge is 2.31. The number of aliphatic hydroxyl groups excluding tert-OH is 1. The summed E-state index contributed by atoms with van der Waals surface area (Å²) < 4.78 is 7.76. The highest BCUT2D eigenvalue weighted by Crippen LogP contribution is 2.29. The zero-order chi connectivity index (χ0) is 16.1. The minimum Gasteiger partial charge on any atom is -0.486 e. The van der Waals surface area contributed by atoms with Crippen LogP contribution in [-0.2, 0) is 6.54 Å². The van der Waals surface area contributed by atoms with Gasteiger partial charge in [0.25, 0.3) is 0 Å². The minimum atomic E-state index is -0.518. The Labute approximate surface area is 141 Å². The van der Waals surface area contributed by atoms with Gasteiger partial charge in [0.15, 0.2) is 0 Å². The summed E-state index contributed by atoms with van der Waals surface area (Å²) in [7, 11) is 0. The number of halogens is 1. The van der Waals surface area contributed by atoms with E-state index in [1.807, 2.05) is 12.1 Å². The summed E-state index contributed by atoms with van der Waals surface area (Å²) in [5.74, 6) is 0.985. The standard InChI is InChI=1S/C17H22ClN3O2/c18-14-6-8-15(9-7-14)23-16(10-21-12-19-11-20-21)17(22)13-4-2-1-3-5-13/h6-9,11-13,16-17,22H,1-5,10H2. The van der Waals surface area contributed by atoms with Crippen molar-refractivity contribution in [3.05, 3.63) is 41.9 Å². The fourth-order valence-electron chi connectivity index (χ4n) is 3.19. The van der Waals surface area contributed by atoms with Gasteiger partial charge in [-0.1, -0.05) is 30.9 Å². The van der Waals surface area contributed by atoms with Crippen molar-refractivity contribution in [2.45, 2.75) is 50.9 Å². The summed E-state index contributed by atoms with van der Waals surface area (Å²) in [5, 5.41) is 15.6. The van der Waals surface area contributed by atoms with Crippen LogP contribution in [0.4, 0.5) is 0 Å². The van der Waals surface area contributed by atoms with Gasteiger partial charge in [-0.05, 0) is 43.0 Å². The van der Waals surface area contributed by atoms with Crippen molar-refractivity contribution in [3.8, 4) is 5.75 Å². The molecule has 1 N–H and O–H groups in total. The third-order valence-electron chi connectivity index (χ3n) is 4.45. The second-order valence-corrected chi connectivity index (χ2v) is 6.55. The van der Waals surface area contributed by atoms with E-state index in [9.17, 15) is 5.11 Å². The number of hydrogen-bond donors (Lipinski definition) is 1. The molecule has 0 radical (unpaired) electrons. The van der Waals surface area contributed by atoms with Crippen molar-refractivity contribution in [2.24, 2.45) is 5.92 Å². The molecule has 0 amide bonds. The fourth-order valence-corrected chi connectivity index (χ4v) is 3.32. The van der Waals surface area contributed by atoms with E-state index in [1.165, 1.54) is 25.6 Å². The number of aromatic nitrogens is 3. The molecule has 1 aromatic heterocycles. The van der Waals surface area contributed by atoms with Gasteiger partial charge in [-0.25, -0.2) is 9.67 Å². The fraction of sp³-hybridized carbons (Fsp3) is 0.529. The predicted molar refractivity (Wildman–Crippen MR) is 88.5 cm³/mol.